The van der Waals surface area contributed by atoms with E-state index in [9.17, 15) is 20.0 Å². The minimum atomic E-state index is -0.577. The maximum Gasteiger partial charge on any atom is 0.225 e. The second-order valence-corrected chi connectivity index (χ2v) is 8.33. The third-order valence-electron chi connectivity index (χ3n) is 5.14. The fourth-order valence-electron chi connectivity index (χ4n) is 3.66. The van der Waals surface area contributed by atoms with Crippen LogP contribution in [0.5, 0.6) is 5.75 Å². The first-order chi connectivity index (χ1) is 14.5. The average Bonchev–Trinajstić information content (AvgIpc) is 3.10. The van der Waals surface area contributed by atoms with E-state index in [4.69, 9.17) is 4.74 Å². The van der Waals surface area contributed by atoms with Crippen LogP contribution in [0.4, 0.5) is 5.00 Å². The van der Waals surface area contributed by atoms with E-state index in [1.165, 1.54) is 11.3 Å². The van der Waals surface area contributed by atoms with Gasteiger partial charge in [-0.05, 0) is 36.1 Å². The maximum absolute atomic E-state index is 12.7. The molecule has 1 aromatic heterocycles. The van der Waals surface area contributed by atoms with Crippen molar-refractivity contribution in [3.05, 3.63) is 45.8 Å². The first kappa shape index (κ1) is 22.0. The van der Waals surface area contributed by atoms with Gasteiger partial charge in [-0.3, -0.25) is 9.59 Å². The first-order valence-electron chi connectivity index (χ1n) is 9.91. The fourth-order valence-corrected chi connectivity index (χ4v) is 4.86. The largest absolute Gasteiger partial charge is 0.494 e. The zero-order valence-electron chi connectivity index (χ0n) is 17.0. The van der Waals surface area contributed by atoms with Gasteiger partial charge in [-0.1, -0.05) is 19.1 Å². The molecule has 1 aromatic carbocycles. The second kappa shape index (κ2) is 9.85. The molecule has 3 N–H and O–H groups in total. The van der Waals surface area contributed by atoms with Crippen molar-refractivity contribution in [2.75, 3.05) is 25.1 Å². The Bertz CT molecular complexity index is 979. The molecule has 158 valence electrons. The number of anilines is 1. The standard InChI is InChI=1S/C22H25N3O4S/c1-3-29-15-6-4-5-14(8-15)13(2)7-20(28)25-22-16(9-23)21-17(18(27)12-26)10-24-11-19(21)30-22/h4-6,8,13,17,24,26H,3,7,10-12H2,1-2H3,(H,25,28). The Hall–Kier alpha value is -2.73. The van der Waals surface area contributed by atoms with Crippen LogP contribution >= 0.6 is 11.3 Å². The number of hydrogen-bond donors (Lipinski definition) is 3. The number of aliphatic hydroxyl groups is 1. The molecule has 8 heteroatoms. The van der Waals surface area contributed by atoms with Gasteiger partial charge < -0.3 is 20.5 Å². The van der Waals surface area contributed by atoms with Crippen molar-refractivity contribution >= 4 is 28.0 Å². The third kappa shape index (κ3) is 4.70. The summed E-state index contributed by atoms with van der Waals surface area (Å²) >= 11 is 1.31. The van der Waals surface area contributed by atoms with Crippen molar-refractivity contribution in [1.82, 2.24) is 5.32 Å². The molecular weight excluding hydrogens is 402 g/mol. The summed E-state index contributed by atoms with van der Waals surface area (Å²) in [5.74, 6) is -0.366. The van der Waals surface area contributed by atoms with E-state index in [1.54, 1.807) is 0 Å². The highest BCUT2D eigenvalue weighted by Gasteiger charge is 2.32. The van der Waals surface area contributed by atoms with Crippen LogP contribution in [0, 0.1) is 11.3 Å². The third-order valence-corrected chi connectivity index (χ3v) is 6.26. The average molecular weight is 428 g/mol. The number of thiophene rings is 1. The number of rotatable bonds is 8. The number of Topliss-reactive ketones (excluding diaryl/α,β-unsaturated/α-hetero) is 1. The highest BCUT2D eigenvalue weighted by molar-refractivity contribution is 7.16. The number of nitrogens with zero attached hydrogens (tertiary/aromatic N) is 1. The molecule has 2 heterocycles. The lowest BCUT2D eigenvalue weighted by Gasteiger charge is -2.22. The molecule has 3 rings (SSSR count). The minimum absolute atomic E-state index is 0.0316. The molecule has 0 saturated heterocycles. The van der Waals surface area contributed by atoms with Crippen molar-refractivity contribution in [3.63, 3.8) is 0 Å². The van der Waals surface area contributed by atoms with Gasteiger partial charge in [-0.2, -0.15) is 5.26 Å². The van der Waals surface area contributed by atoms with Crippen LogP contribution in [0.2, 0.25) is 0 Å². The van der Waals surface area contributed by atoms with E-state index < -0.39 is 12.5 Å². The number of aliphatic hydroxyl groups excluding tert-OH is 1. The van der Waals surface area contributed by atoms with Crippen LogP contribution in [0.25, 0.3) is 0 Å². The number of carbonyl (C=O) groups excluding carboxylic acids is 2. The molecule has 30 heavy (non-hydrogen) atoms. The number of nitriles is 1. The van der Waals surface area contributed by atoms with E-state index >= 15 is 0 Å². The van der Waals surface area contributed by atoms with Gasteiger partial charge in [-0.25, -0.2) is 0 Å². The molecule has 0 saturated carbocycles. The normalized spacial score (nSPS) is 16.3. The molecular formula is C22H25N3O4S. The summed E-state index contributed by atoms with van der Waals surface area (Å²) in [6, 6.07) is 9.82. The summed E-state index contributed by atoms with van der Waals surface area (Å²) in [5.41, 5.74) is 1.95. The van der Waals surface area contributed by atoms with Crippen molar-refractivity contribution in [2.24, 2.45) is 0 Å². The molecule has 2 aromatic rings. The molecule has 7 nitrogen and oxygen atoms in total. The van der Waals surface area contributed by atoms with E-state index in [-0.39, 0.29) is 24.0 Å². The van der Waals surface area contributed by atoms with Crippen LogP contribution in [0.15, 0.2) is 24.3 Å². The number of nitrogens with one attached hydrogen (secondary N) is 2. The molecule has 1 aliphatic rings. The molecule has 0 bridgehead atoms. The Morgan fingerprint density at radius 2 is 2.27 bits per heavy atom. The number of amides is 1. The van der Waals surface area contributed by atoms with Gasteiger partial charge >= 0.3 is 0 Å². The van der Waals surface area contributed by atoms with Crippen molar-refractivity contribution in [1.29, 1.82) is 5.26 Å². The quantitative estimate of drug-likeness (QED) is 0.597. The minimum Gasteiger partial charge on any atom is -0.494 e. The van der Waals surface area contributed by atoms with Crippen LogP contribution in [-0.2, 0) is 16.1 Å². The van der Waals surface area contributed by atoms with Crippen LogP contribution in [0.1, 0.15) is 53.7 Å². The number of benzene rings is 1. The molecule has 2 atom stereocenters. The van der Waals surface area contributed by atoms with E-state index in [0.29, 0.717) is 35.8 Å². The van der Waals surface area contributed by atoms with E-state index in [0.717, 1.165) is 16.2 Å². The molecule has 0 fully saturated rings. The SMILES string of the molecule is CCOc1cccc(C(C)CC(=O)Nc2sc3c(c2C#N)C(C(=O)CO)CNC3)c1. The molecule has 2 unspecified atom stereocenters. The zero-order valence-corrected chi connectivity index (χ0v) is 17.8. The Morgan fingerprint density at radius 1 is 1.47 bits per heavy atom. The summed E-state index contributed by atoms with van der Waals surface area (Å²) in [7, 11) is 0. The van der Waals surface area contributed by atoms with E-state index in [1.807, 2.05) is 38.1 Å². The number of fused-ring (bicyclic) bond motifs is 1. The van der Waals surface area contributed by atoms with E-state index in [2.05, 4.69) is 16.7 Å². The smallest absolute Gasteiger partial charge is 0.225 e. The summed E-state index contributed by atoms with van der Waals surface area (Å²) in [4.78, 5) is 25.6. The van der Waals surface area contributed by atoms with Gasteiger partial charge in [0.15, 0.2) is 5.78 Å². The highest BCUT2D eigenvalue weighted by atomic mass is 32.1. The second-order valence-electron chi connectivity index (χ2n) is 7.22. The fraction of sp³-hybridized carbons (Fsp3) is 0.409. The van der Waals surface area contributed by atoms with Crippen molar-refractivity contribution in [3.8, 4) is 11.8 Å². The summed E-state index contributed by atoms with van der Waals surface area (Å²) in [6.45, 7) is 4.79. The topological polar surface area (TPSA) is 111 Å². The van der Waals surface area contributed by atoms with Crippen molar-refractivity contribution in [2.45, 2.75) is 38.6 Å². The number of carbonyl (C=O) groups is 2. The van der Waals surface area contributed by atoms with Gasteiger partial charge in [0.1, 0.15) is 23.4 Å². The Morgan fingerprint density at radius 3 is 2.97 bits per heavy atom. The number of ketones is 1. The van der Waals surface area contributed by atoms with Crippen LogP contribution < -0.4 is 15.4 Å². The summed E-state index contributed by atoms with van der Waals surface area (Å²) in [6.07, 6.45) is 0.250. The van der Waals surface area contributed by atoms with Gasteiger partial charge in [0.2, 0.25) is 5.91 Å². The lowest BCUT2D eigenvalue weighted by atomic mass is 9.89. The zero-order chi connectivity index (χ0) is 21.7. The van der Waals surface area contributed by atoms with Gasteiger partial charge in [0.05, 0.1) is 18.1 Å². The predicted octanol–water partition coefficient (Wildman–Crippen LogP) is 2.90. The summed E-state index contributed by atoms with van der Waals surface area (Å²) < 4.78 is 5.53. The van der Waals surface area contributed by atoms with Gasteiger partial charge in [-0.15, -0.1) is 11.3 Å². The number of ether oxygens (including phenoxy) is 1. The predicted molar refractivity (Wildman–Crippen MR) is 115 cm³/mol. The first-order valence-corrected chi connectivity index (χ1v) is 10.7. The Balaban J connectivity index is 1.76. The molecule has 0 spiro atoms. The lowest BCUT2D eigenvalue weighted by Crippen LogP contribution is -2.33. The Labute approximate surface area is 179 Å². The summed E-state index contributed by atoms with van der Waals surface area (Å²) in [5, 5.41) is 25.4. The van der Waals surface area contributed by atoms with Gasteiger partial charge in [0.25, 0.3) is 0 Å². The molecule has 0 aliphatic carbocycles. The van der Waals surface area contributed by atoms with Crippen LogP contribution in [0.3, 0.4) is 0 Å². The number of hydrogen-bond acceptors (Lipinski definition) is 7. The monoisotopic (exact) mass is 427 g/mol. The maximum atomic E-state index is 12.7. The molecule has 0 radical (unpaired) electrons. The Kier molecular flexibility index (Phi) is 7.21. The van der Waals surface area contributed by atoms with Crippen LogP contribution in [-0.4, -0.2) is 36.6 Å². The van der Waals surface area contributed by atoms with Crippen molar-refractivity contribution < 1.29 is 19.4 Å². The lowest BCUT2D eigenvalue weighted by molar-refractivity contribution is -0.123. The highest BCUT2D eigenvalue weighted by Crippen LogP contribution is 2.40. The van der Waals surface area contributed by atoms with Gasteiger partial charge in [0, 0.05) is 24.4 Å². The molecule has 1 amide bonds. The molecule has 1 aliphatic heterocycles.